The zero-order valence-electron chi connectivity index (χ0n) is 15.2. The van der Waals surface area contributed by atoms with Gasteiger partial charge in [0.1, 0.15) is 19.0 Å². The summed E-state index contributed by atoms with van der Waals surface area (Å²) in [5, 5.41) is 0.923. The van der Waals surface area contributed by atoms with E-state index in [0.717, 1.165) is 21.4 Å². The van der Waals surface area contributed by atoms with Gasteiger partial charge in [-0.2, -0.15) is 0 Å². The number of rotatable bonds is 7. The number of ether oxygens (including phenoxy) is 3. The van der Waals surface area contributed by atoms with E-state index >= 15 is 0 Å². The molecular weight excluding hydrogens is 348 g/mol. The molecule has 5 heteroatoms. The lowest BCUT2D eigenvalue weighted by Gasteiger charge is -2.12. The zero-order chi connectivity index (χ0) is 18.5. The Morgan fingerprint density at radius 1 is 1.00 bits per heavy atom. The summed E-state index contributed by atoms with van der Waals surface area (Å²) in [6.07, 6.45) is 0. The molecule has 2 aromatic carbocycles. The van der Waals surface area contributed by atoms with Crippen LogP contribution in [0.1, 0.15) is 27.7 Å². The van der Waals surface area contributed by atoms with Crippen molar-refractivity contribution in [2.24, 2.45) is 0 Å². The van der Waals surface area contributed by atoms with Crippen LogP contribution in [0.3, 0.4) is 0 Å². The van der Waals surface area contributed by atoms with Crippen LogP contribution in [0, 0.1) is 13.8 Å². The van der Waals surface area contributed by atoms with Gasteiger partial charge in [-0.3, -0.25) is 0 Å². The van der Waals surface area contributed by atoms with E-state index < -0.39 is 0 Å². The van der Waals surface area contributed by atoms with E-state index in [-0.39, 0.29) is 5.97 Å². The summed E-state index contributed by atoms with van der Waals surface area (Å²) in [6, 6.07) is 13.8. The molecule has 136 valence electrons. The number of aryl methyl sites for hydroxylation is 1. The van der Waals surface area contributed by atoms with Gasteiger partial charge >= 0.3 is 5.97 Å². The fourth-order valence-electron chi connectivity index (χ4n) is 2.67. The number of benzene rings is 2. The van der Waals surface area contributed by atoms with Gasteiger partial charge < -0.3 is 14.2 Å². The monoisotopic (exact) mass is 370 g/mol. The predicted molar refractivity (Wildman–Crippen MR) is 105 cm³/mol. The number of hydrogen-bond donors (Lipinski definition) is 0. The molecule has 1 heterocycles. The molecule has 1 aromatic heterocycles. The molecule has 0 unspecified atom stereocenters. The molecule has 3 rings (SSSR count). The predicted octanol–water partition coefficient (Wildman–Crippen LogP) is 5.15. The summed E-state index contributed by atoms with van der Waals surface area (Å²) in [7, 11) is 0. The maximum Gasteiger partial charge on any atom is 0.352 e. The fourth-order valence-corrected chi connectivity index (χ4v) is 3.71. The number of carbonyl (C=O) groups excluding carboxylic acids is 1. The summed E-state index contributed by atoms with van der Waals surface area (Å²) < 4.78 is 17.9. The minimum absolute atomic E-state index is 0.336. The van der Waals surface area contributed by atoms with Crippen LogP contribution in [-0.4, -0.2) is 25.8 Å². The SMILES string of the molecule is CCOC(=O)c1sc2ccccc2c1OCCOc1cccc(C)c1C. The minimum Gasteiger partial charge on any atom is -0.490 e. The third-order valence-corrected chi connectivity index (χ3v) is 5.29. The van der Waals surface area contributed by atoms with Gasteiger partial charge in [-0.15, -0.1) is 11.3 Å². The summed E-state index contributed by atoms with van der Waals surface area (Å²) in [5.74, 6) is 1.09. The smallest absolute Gasteiger partial charge is 0.352 e. The molecule has 0 aliphatic heterocycles. The molecule has 0 bridgehead atoms. The second kappa shape index (κ2) is 8.23. The van der Waals surface area contributed by atoms with Crippen LogP contribution >= 0.6 is 11.3 Å². The lowest BCUT2D eigenvalue weighted by atomic mass is 10.1. The number of carbonyl (C=O) groups is 1. The fraction of sp³-hybridized carbons (Fsp3) is 0.286. The Kier molecular flexibility index (Phi) is 5.78. The van der Waals surface area contributed by atoms with E-state index in [1.165, 1.54) is 16.9 Å². The Hall–Kier alpha value is -2.53. The number of esters is 1. The standard InChI is InChI=1S/C21H22O4S/c1-4-23-21(22)20-19(16-9-5-6-11-18(16)26-20)25-13-12-24-17-10-7-8-14(2)15(17)3/h5-11H,4,12-13H2,1-3H3. The lowest BCUT2D eigenvalue weighted by Crippen LogP contribution is -2.12. The van der Waals surface area contributed by atoms with Crippen LogP contribution in [0.5, 0.6) is 11.5 Å². The molecule has 0 N–H and O–H groups in total. The Balaban J connectivity index is 1.72. The first-order chi connectivity index (χ1) is 12.6. The highest BCUT2D eigenvalue weighted by Gasteiger charge is 2.20. The van der Waals surface area contributed by atoms with Crippen LogP contribution in [0.2, 0.25) is 0 Å². The van der Waals surface area contributed by atoms with Crippen LogP contribution in [0.4, 0.5) is 0 Å². The average Bonchev–Trinajstić information content (AvgIpc) is 3.01. The van der Waals surface area contributed by atoms with Gasteiger partial charge in [0.15, 0.2) is 10.6 Å². The van der Waals surface area contributed by atoms with Crippen LogP contribution in [0.25, 0.3) is 10.1 Å². The van der Waals surface area contributed by atoms with Crippen molar-refractivity contribution in [3.63, 3.8) is 0 Å². The molecule has 0 aliphatic carbocycles. The van der Waals surface area contributed by atoms with E-state index in [0.29, 0.717) is 30.4 Å². The lowest BCUT2D eigenvalue weighted by molar-refractivity contribution is 0.0527. The van der Waals surface area contributed by atoms with Crippen molar-refractivity contribution in [1.29, 1.82) is 0 Å². The molecule has 0 saturated carbocycles. The van der Waals surface area contributed by atoms with Gasteiger partial charge in [0.25, 0.3) is 0 Å². The van der Waals surface area contributed by atoms with Gasteiger partial charge in [0, 0.05) is 10.1 Å². The first-order valence-electron chi connectivity index (χ1n) is 8.62. The Morgan fingerprint density at radius 3 is 2.58 bits per heavy atom. The van der Waals surface area contributed by atoms with Crippen molar-refractivity contribution >= 4 is 27.4 Å². The van der Waals surface area contributed by atoms with E-state index in [1.54, 1.807) is 6.92 Å². The second-order valence-electron chi connectivity index (χ2n) is 5.87. The molecule has 0 amide bonds. The third-order valence-electron chi connectivity index (χ3n) is 4.15. The summed E-state index contributed by atoms with van der Waals surface area (Å²) in [4.78, 5) is 12.7. The largest absolute Gasteiger partial charge is 0.490 e. The van der Waals surface area contributed by atoms with Gasteiger partial charge in [0.05, 0.1) is 6.61 Å². The summed E-state index contributed by atoms with van der Waals surface area (Å²) >= 11 is 1.39. The molecule has 4 nitrogen and oxygen atoms in total. The van der Waals surface area contributed by atoms with E-state index in [4.69, 9.17) is 14.2 Å². The Bertz CT molecular complexity index is 914. The highest BCUT2D eigenvalue weighted by atomic mass is 32.1. The van der Waals surface area contributed by atoms with E-state index in [2.05, 4.69) is 13.0 Å². The number of fused-ring (bicyclic) bond motifs is 1. The second-order valence-corrected chi connectivity index (χ2v) is 6.92. The molecule has 0 atom stereocenters. The zero-order valence-corrected chi connectivity index (χ0v) is 16.0. The first kappa shape index (κ1) is 18.3. The summed E-state index contributed by atoms with van der Waals surface area (Å²) in [5.41, 5.74) is 2.32. The first-order valence-corrected chi connectivity index (χ1v) is 9.44. The topological polar surface area (TPSA) is 44.8 Å². The van der Waals surface area contributed by atoms with Crippen LogP contribution in [0.15, 0.2) is 42.5 Å². The third kappa shape index (κ3) is 3.83. The highest BCUT2D eigenvalue weighted by Crippen LogP contribution is 2.38. The summed E-state index contributed by atoms with van der Waals surface area (Å²) in [6.45, 7) is 6.97. The van der Waals surface area contributed by atoms with Crippen molar-refractivity contribution in [2.45, 2.75) is 20.8 Å². The average molecular weight is 370 g/mol. The van der Waals surface area contributed by atoms with E-state index in [1.807, 2.05) is 43.3 Å². The maximum absolute atomic E-state index is 12.2. The molecule has 0 aliphatic rings. The van der Waals surface area contributed by atoms with E-state index in [9.17, 15) is 4.79 Å². The van der Waals surface area contributed by atoms with Gasteiger partial charge in [-0.1, -0.05) is 24.3 Å². The van der Waals surface area contributed by atoms with Crippen molar-refractivity contribution < 1.29 is 19.0 Å². The van der Waals surface area contributed by atoms with Gasteiger partial charge in [-0.05, 0) is 50.1 Å². The molecule has 3 aromatic rings. The van der Waals surface area contributed by atoms with Crippen molar-refractivity contribution in [3.05, 3.63) is 58.5 Å². The number of thiophene rings is 1. The van der Waals surface area contributed by atoms with Gasteiger partial charge in [0.2, 0.25) is 0 Å². The van der Waals surface area contributed by atoms with Gasteiger partial charge in [-0.25, -0.2) is 4.79 Å². The maximum atomic E-state index is 12.2. The Labute approximate surface area is 157 Å². The molecular formula is C21H22O4S. The van der Waals surface area contributed by atoms with Crippen molar-refractivity contribution in [2.75, 3.05) is 19.8 Å². The molecule has 0 radical (unpaired) electrons. The van der Waals surface area contributed by atoms with Crippen molar-refractivity contribution in [3.8, 4) is 11.5 Å². The van der Waals surface area contributed by atoms with Crippen LogP contribution < -0.4 is 9.47 Å². The number of hydrogen-bond acceptors (Lipinski definition) is 5. The van der Waals surface area contributed by atoms with Crippen LogP contribution in [-0.2, 0) is 4.74 Å². The molecule has 0 fully saturated rings. The normalized spacial score (nSPS) is 10.7. The Morgan fingerprint density at radius 2 is 1.77 bits per heavy atom. The molecule has 0 saturated heterocycles. The highest BCUT2D eigenvalue weighted by molar-refractivity contribution is 7.21. The quantitative estimate of drug-likeness (QED) is 0.426. The van der Waals surface area contributed by atoms with Crippen molar-refractivity contribution in [1.82, 2.24) is 0 Å². The molecule has 0 spiro atoms. The molecule has 26 heavy (non-hydrogen) atoms. The minimum atomic E-state index is -0.348.